The second-order valence-electron chi connectivity index (χ2n) is 7.92. The van der Waals surface area contributed by atoms with E-state index in [1.54, 1.807) is 43.3 Å². The summed E-state index contributed by atoms with van der Waals surface area (Å²) in [5.74, 6) is -0.190. The molecule has 0 aliphatic rings. The second-order valence-corrected chi connectivity index (χ2v) is 9.64. The van der Waals surface area contributed by atoms with Gasteiger partial charge in [0.1, 0.15) is 17.2 Å². The minimum atomic E-state index is -4.08. The minimum Gasteiger partial charge on any atom is -0.507 e. The Morgan fingerprint density at radius 2 is 1.59 bits per heavy atom. The van der Waals surface area contributed by atoms with Gasteiger partial charge < -0.3 is 19.4 Å². The fourth-order valence-electron chi connectivity index (χ4n) is 3.82. The van der Waals surface area contributed by atoms with Crippen LogP contribution in [0, 0.1) is 13.8 Å². The van der Waals surface area contributed by atoms with E-state index in [1.807, 2.05) is 6.92 Å². The lowest BCUT2D eigenvalue weighted by Crippen LogP contribution is -2.30. The standard InChI is InChI=1S/C25H23NO7S/c1-14-4-10-18(11-5-14)34(30,31)26-24(16-6-8-17(32-3)9-7-16)23-20(28)13-19(27)22-15(2)12-21(29)33-25(22)23/h4-13,24,26-28H,1-3H3. The van der Waals surface area contributed by atoms with Crippen LogP contribution in [-0.2, 0) is 10.0 Å². The van der Waals surface area contributed by atoms with Gasteiger partial charge in [0.2, 0.25) is 10.0 Å². The van der Waals surface area contributed by atoms with Crippen LogP contribution in [0.3, 0.4) is 0 Å². The van der Waals surface area contributed by atoms with Crippen molar-refractivity contribution in [3.63, 3.8) is 0 Å². The molecule has 1 unspecified atom stereocenters. The summed E-state index contributed by atoms with van der Waals surface area (Å²) >= 11 is 0. The van der Waals surface area contributed by atoms with E-state index in [0.29, 0.717) is 16.9 Å². The molecular weight excluding hydrogens is 458 g/mol. The number of hydrogen-bond acceptors (Lipinski definition) is 7. The van der Waals surface area contributed by atoms with Gasteiger partial charge in [-0.25, -0.2) is 13.2 Å². The molecule has 1 atom stereocenters. The lowest BCUT2D eigenvalue weighted by molar-refractivity contribution is 0.414. The van der Waals surface area contributed by atoms with Crippen molar-refractivity contribution in [3.8, 4) is 17.2 Å². The van der Waals surface area contributed by atoms with Crippen molar-refractivity contribution in [1.29, 1.82) is 0 Å². The van der Waals surface area contributed by atoms with E-state index in [2.05, 4.69) is 4.72 Å². The average Bonchev–Trinajstić information content (AvgIpc) is 2.78. The lowest BCUT2D eigenvalue weighted by atomic mass is 9.95. The van der Waals surface area contributed by atoms with Crippen molar-refractivity contribution < 1.29 is 27.8 Å². The monoisotopic (exact) mass is 481 g/mol. The van der Waals surface area contributed by atoms with Crippen LogP contribution in [0.1, 0.15) is 28.3 Å². The van der Waals surface area contributed by atoms with E-state index in [1.165, 1.54) is 25.3 Å². The highest BCUT2D eigenvalue weighted by atomic mass is 32.2. The first-order valence-electron chi connectivity index (χ1n) is 10.3. The first-order chi connectivity index (χ1) is 16.1. The summed E-state index contributed by atoms with van der Waals surface area (Å²) in [6.07, 6.45) is 0. The number of sulfonamides is 1. The van der Waals surface area contributed by atoms with Crippen molar-refractivity contribution in [2.24, 2.45) is 0 Å². The zero-order valence-electron chi connectivity index (χ0n) is 18.7. The summed E-state index contributed by atoms with van der Waals surface area (Å²) < 4.78 is 39.8. The summed E-state index contributed by atoms with van der Waals surface area (Å²) in [5, 5.41) is 21.4. The number of phenols is 2. The van der Waals surface area contributed by atoms with Crippen LogP contribution in [-0.4, -0.2) is 25.7 Å². The molecule has 0 amide bonds. The number of rotatable bonds is 6. The van der Waals surface area contributed by atoms with Gasteiger partial charge in [0, 0.05) is 12.1 Å². The number of nitrogens with one attached hydrogen (secondary N) is 1. The zero-order valence-corrected chi connectivity index (χ0v) is 19.5. The van der Waals surface area contributed by atoms with Crippen molar-refractivity contribution >= 4 is 21.0 Å². The minimum absolute atomic E-state index is 0.00514. The molecule has 0 radical (unpaired) electrons. The van der Waals surface area contributed by atoms with Crippen LogP contribution in [0.15, 0.2) is 74.8 Å². The highest BCUT2D eigenvalue weighted by Crippen LogP contribution is 2.41. The number of fused-ring (bicyclic) bond motifs is 1. The first kappa shape index (κ1) is 23.3. The topological polar surface area (TPSA) is 126 Å². The maximum absolute atomic E-state index is 13.3. The van der Waals surface area contributed by atoms with Crippen molar-refractivity contribution in [1.82, 2.24) is 4.72 Å². The fraction of sp³-hybridized carbons (Fsp3) is 0.160. The van der Waals surface area contributed by atoms with Gasteiger partial charge in [0.25, 0.3) is 0 Å². The Hall–Kier alpha value is -3.82. The Bertz CT molecular complexity index is 1520. The molecule has 34 heavy (non-hydrogen) atoms. The summed E-state index contributed by atoms with van der Waals surface area (Å²) in [7, 11) is -2.58. The molecule has 0 spiro atoms. The van der Waals surface area contributed by atoms with Crippen molar-refractivity contribution in [3.05, 3.63) is 93.3 Å². The molecule has 3 N–H and O–H groups in total. The van der Waals surface area contributed by atoms with Crippen LogP contribution >= 0.6 is 0 Å². The Balaban J connectivity index is 1.98. The van der Waals surface area contributed by atoms with Crippen LogP contribution in [0.4, 0.5) is 0 Å². The Labute approximate surface area is 196 Å². The average molecular weight is 482 g/mol. The molecule has 0 bridgehead atoms. The van der Waals surface area contributed by atoms with Crippen LogP contribution in [0.2, 0.25) is 0 Å². The van der Waals surface area contributed by atoms with Crippen LogP contribution < -0.4 is 15.1 Å². The Morgan fingerprint density at radius 1 is 0.941 bits per heavy atom. The van der Waals surface area contributed by atoms with Gasteiger partial charge in [-0.15, -0.1) is 0 Å². The predicted molar refractivity (Wildman–Crippen MR) is 127 cm³/mol. The molecule has 3 aromatic carbocycles. The number of benzene rings is 3. The van der Waals surface area contributed by atoms with Gasteiger partial charge in [0.05, 0.1) is 29.0 Å². The molecule has 9 heteroatoms. The molecular formula is C25H23NO7S. The fourth-order valence-corrected chi connectivity index (χ4v) is 5.02. The Morgan fingerprint density at radius 3 is 2.21 bits per heavy atom. The summed E-state index contributed by atoms with van der Waals surface area (Å²) in [4.78, 5) is 12.2. The molecule has 0 aliphatic heterocycles. The van der Waals surface area contributed by atoms with Gasteiger partial charge in [-0.1, -0.05) is 29.8 Å². The van der Waals surface area contributed by atoms with Gasteiger partial charge in [-0.3, -0.25) is 0 Å². The Kier molecular flexibility index (Phi) is 6.07. The number of methoxy groups -OCH3 is 1. The third-order valence-electron chi connectivity index (χ3n) is 5.55. The number of hydrogen-bond donors (Lipinski definition) is 3. The second kappa shape index (κ2) is 8.85. The smallest absolute Gasteiger partial charge is 0.336 e. The molecule has 0 aliphatic carbocycles. The van der Waals surface area contributed by atoms with Crippen molar-refractivity contribution in [2.75, 3.05) is 7.11 Å². The summed E-state index contributed by atoms with van der Waals surface area (Å²) in [6.45, 7) is 3.45. The SMILES string of the molecule is COc1ccc(C(NS(=O)(=O)c2ccc(C)cc2)c2c(O)cc(O)c3c(C)cc(=O)oc23)cc1. The molecule has 0 saturated heterocycles. The van der Waals surface area contributed by atoms with Gasteiger partial charge >= 0.3 is 5.63 Å². The molecule has 8 nitrogen and oxygen atoms in total. The maximum Gasteiger partial charge on any atom is 0.336 e. The third-order valence-corrected chi connectivity index (χ3v) is 6.99. The van der Waals surface area contributed by atoms with E-state index < -0.39 is 27.4 Å². The van der Waals surface area contributed by atoms with Crippen LogP contribution in [0.25, 0.3) is 11.0 Å². The predicted octanol–water partition coefficient (Wildman–Crippen LogP) is 3.90. The molecule has 1 aromatic heterocycles. The largest absolute Gasteiger partial charge is 0.507 e. The van der Waals surface area contributed by atoms with E-state index in [-0.39, 0.29) is 27.2 Å². The molecule has 176 valence electrons. The quantitative estimate of drug-likeness (QED) is 0.357. The van der Waals surface area contributed by atoms with E-state index in [4.69, 9.17) is 9.15 Å². The normalized spacial score (nSPS) is 12.6. The van der Waals surface area contributed by atoms with Gasteiger partial charge in [-0.05, 0) is 49.2 Å². The number of ether oxygens (including phenoxy) is 1. The third kappa shape index (κ3) is 4.35. The molecule has 0 fully saturated rings. The van der Waals surface area contributed by atoms with Crippen LogP contribution in [0.5, 0.6) is 17.2 Å². The highest BCUT2D eigenvalue weighted by molar-refractivity contribution is 7.89. The zero-order chi connectivity index (χ0) is 24.6. The first-order valence-corrected chi connectivity index (χ1v) is 11.8. The van der Waals surface area contributed by atoms with E-state index in [0.717, 1.165) is 11.6 Å². The number of aryl methyl sites for hydroxylation is 2. The summed E-state index contributed by atoms with van der Waals surface area (Å²) in [5.41, 5.74) is 0.934. The summed E-state index contributed by atoms with van der Waals surface area (Å²) in [6, 6.07) is 14.0. The van der Waals surface area contributed by atoms with E-state index in [9.17, 15) is 23.4 Å². The van der Waals surface area contributed by atoms with E-state index >= 15 is 0 Å². The van der Waals surface area contributed by atoms with Gasteiger partial charge in [-0.2, -0.15) is 4.72 Å². The molecule has 1 heterocycles. The van der Waals surface area contributed by atoms with Gasteiger partial charge in [0.15, 0.2) is 5.58 Å². The number of phenolic OH excluding ortho intramolecular Hbond substituents is 2. The number of aromatic hydroxyl groups is 2. The lowest BCUT2D eigenvalue weighted by Gasteiger charge is -2.22. The molecule has 4 rings (SSSR count). The highest BCUT2D eigenvalue weighted by Gasteiger charge is 2.29. The van der Waals surface area contributed by atoms with Crippen molar-refractivity contribution in [2.45, 2.75) is 24.8 Å². The molecule has 4 aromatic rings. The maximum atomic E-state index is 13.3. The molecule has 0 saturated carbocycles.